The summed E-state index contributed by atoms with van der Waals surface area (Å²) in [5.74, 6) is -1.83. The third-order valence-electron chi connectivity index (χ3n) is 8.33. The average Bonchev–Trinajstić information content (AvgIpc) is 3.44. The fourth-order valence-corrected chi connectivity index (χ4v) is 6.72. The van der Waals surface area contributed by atoms with E-state index in [-0.39, 0.29) is 36.3 Å². The molecule has 0 radical (unpaired) electrons. The largest absolute Gasteiger partial charge is 0.494 e. The topological polar surface area (TPSA) is 117 Å². The van der Waals surface area contributed by atoms with Gasteiger partial charge < -0.3 is 30.1 Å². The van der Waals surface area contributed by atoms with Crippen LogP contribution >= 0.6 is 0 Å². The third-order valence-corrected chi connectivity index (χ3v) is 8.33. The van der Waals surface area contributed by atoms with E-state index < -0.39 is 35.1 Å². The van der Waals surface area contributed by atoms with Crippen LogP contribution in [0.5, 0.6) is 5.75 Å². The zero-order chi connectivity index (χ0) is 27.1. The molecule has 37 heavy (non-hydrogen) atoms. The highest BCUT2D eigenvalue weighted by atomic mass is 16.5. The molecule has 3 saturated heterocycles. The molecule has 0 aliphatic carbocycles. The molecule has 1 aromatic carbocycles. The van der Waals surface area contributed by atoms with E-state index in [2.05, 4.69) is 10.6 Å². The van der Waals surface area contributed by atoms with E-state index in [1.165, 1.54) is 4.90 Å². The van der Waals surface area contributed by atoms with E-state index in [0.29, 0.717) is 37.3 Å². The van der Waals surface area contributed by atoms with Crippen LogP contribution in [0, 0.1) is 17.8 Å². The number of aliphatic hydroxyl groups excluding tert-OH is 1. The quantitative estimate of drug-likeness (QED) is 0.441. The molecule has 3 aliphatic rings. The van der Waals surface area contributed by atoms with E-state index >= 15 is 0 Å². The SMILES string of the molecule is CCOc1ccc(NC(=O)[C@H]2[C@H]3C(=O)N([C@@H](CO)C(C)C)C(C(=O)NC(C)C)C34CC[C@]2(CC)O4)cc1. The summed E-state index contributed by atoms with van der Waals surface area (Å²) in [7, 11) is 0. The Morgan fingerprint density at radius 2 is 1.81 bits per heavy atom. The molecule has 2 unspecified atom stereocenters. The number of hydrogen-bond acceptors (Lipinski definition) is 6. The first-order chi connectivity index (χ1) is 17.5. The Balaban J connectivity index is 1.73. The van der Waals surface area contributed by atoms with Gasteiger partial charge in [0.2, 0.25) is 17.7 Å². The lowest BCUT2D eigenvalue weighted by molar-refractivity contribution is -0.151. The summed E-state index contributed by atoms with van der Waals surface area (Å²) in [5.41, 5.74) is -1.34. The van der Waals surface area contributed by atoms with E-state index in [1.54, 1.807) is 24.3 Å². The summed E-state index contributed by atoms with van der Waals surface area (Å²) >= 11 is 0. The van der Waals surface area contributed by atoms with Gasteiger partial charge in [-0.3, -0.25) is 14.4 Å². The molecule has 3 N–H and O–H groups in total. The Labute approximate surface area is 219 Å². The van der Waals surface area contributed by atoms with Crippen LogP contribution in [0.15, 0.2) is 24.3 Å². The maximum Gasteiger partial charge on any atom is 0.246 e. The number of nitrogens with zero attached hydrogens (tertiary/aromatic N) is 1. The highest BCUT2D eigenvalue weighted by Gasteiger charge is 2.79. The van der Waals surface area contributed by atoms with Gasteiger partial charge in [0.25, 0.3) is 0 Å². The Hall–Kier alpha value is -2.65. The van der Waals surface area contributed by atoms with Crippen LogP contribution < -0.4 is 15.4 Å². The monoisotopic (exact) mass is 515 g/mol. The van der Waals surface area contributed by atoms with Crippen molar-refractivity contribution in [3.8, 4) is 5.75 Å². The number of aliphatic hydroxyl groups is 1. The molecular formula is C28H41N3O6. The molecular weight excluding hydrogens is 474 g/mol. The van der Waals surface area contributed by atoms with Crippen molar-refractivity contribution >= 4 is 23.4 Å². The fraction of sp³-hybridized carbons (Fsp3) is 0.679. The lowest BCUT2D eigenvalue weighted by Crippen LogP contribution is -2.59. The normalized spacial score (nSPS) is 31.1. The molecule has 3 fully saturated rings. The van der Waals surface area contributed by atoms with Crippen LogP contribution in [-0.4, -0.2) is 70.3 Å². The number of fused-ring (bicyclic) bond motifs is 1. The van der Waals surface area contributed by atoms with Crippen LogP contribution in [-0.2, 0) is 19.1 Å². The number of anilines is 1. The van der Waals surface area contributed by atoms with Crippen molar-refractivity contribution in [2.75, 3.05) is 18.5 Å². The number of carbonyl (C=O) groups is 3. The predicted molar refractivity (Wildman–Crippen MR) is 139 cm³/mol. The van der Waals surface area contributed by atoms with Gasteiger partial charge in [0, 0.05) is 11.7 Å². The van der Waals surface area contributed by atoms with E-state index in [4.69, 9.17) is 9.47 Å². The first-order valence-corrected chi connectivity index (χ1v) is 13.5. The molecule has 6 atom stereocenters. The molecule has 3 aliphatic heterocycles. The van der Waals surface area contributed by atoms with Gasteiger partial charge in [0.05, 0.1) is 36.7 Å². The summed E-state index contributed by atoms with van der Waals surface area (Å²) < 4.78 is 12.2. The standard InChI is InChI=1S/C28H41N3O6/c1-7-27-13-14-28(37-27)22(21(27)24(33)30-18-9-11-19(12-10-18)36-8-2)26(35)31(20(15-32)16(3)4)23(28)25(34)29-17(5)6/h9-12,16-17,20-23,32H,7-8,13-15H2,1-6H3,(H,29,34)(H,30,33)/t20-,21+,22-,23?,27-,28?/m0/s1. The van der Waals surface area contributed by atoms with E-state index in [0.717, 1.165) is 0 Å². The Morgan fingerprint density at radius 3 is 2.35 bits per heavy atom. The van der Waals surface area contributed by atoms with Crippen LogP contribution in [0.1, 0.15) is 60.8 Å². The number of hydrogen-bond donors (Lipinski definition) is 3. The minimum absolute atomic E-state index is 0.0907. The van der Waals surface area contributed by atoms with Crippen molar-refractivity contribution in [2.24, 2.45) is 17.8 Å². The minimum atomic E-state index is -1.12. The number of amides is 3. The number of ether oxygens (including phenoxy) is 2. The van der Waals surface area contributed by atoms with Crippen LogP contribution in [0.25, 0.3) is 0 Å². The first kappa shape index (κ1) is 27.4. The highest BCUT2D eigenvalue weighted by Crippen LogP contribution is 2.64. The van der Waals surface area contributed by atoms with Gasteiger partial charge in [-0.25, -0.2) is 0 Å². The zero-order valence-electron chi connectivity index (χ0n) is 22.7. The van der Waals surface area contributed by atoms with Crippen molar-refractivity contribution in [3.63, 3.8) is 0 Å². The average molecular weight is 516 g/mol. The smallest absolute Gasteiger partial charge is 0.246 e. The van der Waals surface area contributed by atoms with Crippen LogP contribution in [0.3, 0.4) is 0 Å². The third kappa shape index (κ3) is 4.40. The van der Waals surface area contributed by atoms with E-state index in [9.17, 15) is 19.5 Å². The zero-order valence-corrected chi connectivity index (χ0v) is 22.7. The molecule has 4 rings (SSSR count). The molecule has 9 nitrogen and oxygen atoms in total. The molecule has 9 heteroatoms. The number of benzene rings is 1. The maximum absolute atomic E-state index is 14.2. The second-order valence-electron chi connectivity index (χ2n) is 11.2. The number of carbonyl (C=O) groups excluding carboxylic acids is 3. The van der Waals surface area contributed by atoms with Gasteiger partial charge in [-0.2, -0.15) is 0 Å². The van der Waals surface area contributed by atoms with Gasteiger partial charge in [-0.1, -0.05) is 20.8 Å². The fourth-order valence-electron chi connectivity index (χ4n) is 6.72. The van der Waals surface area contributed by atoms with Gasteiger partial charge in [0.15, 0.2) is 0 Å². The van der Waals surface area contributed by atoms with Crippen molar-refractivity contribution in [1.29, 1.82) is 0 Å². The summed E-state index contributed by atoms with van der Waals surface area (Å²) in [5, 5.41) is 16.2. The number of likely N-dealkylation sites (tertiary alicyclic amines) is 1. The van der Waals surface area contributed by atoms with E-state index in [1.807, 2.05) is 41.5 Å². The molecule has 0 saturated carbocycles. The minimum Gasteiger partial charge on any atom is -0.494 e. The summed E-state index contributed by atoms with van der Waals surface area (Å²) in [6.45, 7) is 11.7. The lowest BCUT2D eigenvalue weighted by Gasteiger charge is -2.39. The molecule has 3 heterocycles. The molecule has 1 spiro atoms. The van der Waals surface area contributed by atoms with Gasteiger partial charge in [-0.05, 0) is 70.2 Å². The highest BCUT2D eigenvalue weighted by molar-refractivity contribution is 6.02. The van der Waals surface area contributed by atoms with Crippen molar-refractivity contribution in [1.82, 2.24) is 10.2 Å². The summed E-state index contributed by atoms with van der Waals surface area (Å²) in [6, 6.07) is 5.51. The molecule has 1 aromatic rings. The molecule has 2 bridgehead atoms. The molecule has 3 amide bonds. The predicted octanol–water partition coefficient (Wildman–Crippen LogP) is 2.72. The van der Waals surface area contributed by atoms with Gasteiger partial charge in [0.1, 0.15) is 17.4 Å². The van der Waals surface area contributed by atoms with Crippen LogP contribution in [0.2, 0.25) is 0 Å². The van der Waals surface area contributed by atoms with Crippen molar-refractivity contribution < 1.29 is 29.0 Å². The summed E-state index contributed by atoms with van der Waals surface area (Å²) in [6.07, 6.45) is 1.64. The Kier molecular flexibility index (Phi) is 7.59. The molecule has 204 valence electrons. The maximum atomic E-state index is 14.2. The lowest BCUT2D eigenvalue weighted by atomic mass is 9.65. The van der Waals surface area contributed by atoms with Crippen molar-refractivity contribution in [2.45, 2.75) is 90.1 Å². The van der Waals surface area contributed by atoms with Gasteiger partial charge >= 0.3 is 0 Å². The number of nitrogens with one attached hydrogen (secondary N) is 2. The van der Waals surface area contributed by atoms with Crippen molar-refractivity contribution in [3.05, 3.63) is 24.3 Å². The summed E-state index contributed by atoms with van der Waals surface area (Å²) in [4.78, 5) is 43.2. The van der Waals surface area contributed by atoms with Gasteiger partial charge in [-0.15, -0.1) is 0 Å². The first-order valence-electron chi connectivity index (χ1n) is 13.5. The Bertz CT molecular complexity index is 1030. The molecule has 0 aromatic heterocycles. The van der Waals surface area contributed by atoms with Crippen LogP contribution in [0.4, 0.5) is 5.69 Å². The second kappa shape index (κ2) is 10.3. The Morgan fingerprint density at radius 1 is 1.14 bits per heavy atom. The number of rotatable bonds is 10. The second-order valence-corrected chi connectivity index (χ2v) is 11.2.